The molecule has 1 aromatic heterocycles. The summed E-state index contributed by atoms with van der Waals surface area (Å²) < 4.78 is 28.2. The number of fused-ring (bicyclic) bond motifs is 1. The molecule has 28 heavy (non-hydrogen) atoms. The van der Waals surface area contributed by atoms with E-state index in [4.69, 9.17) is 0 Å². The van der Waals surface area contributed by atoms with E-state index in [0.717, 1.165) is 11.6 Å². The molecule has 7 heteroatoms. The Balaban J connectivity index is 1.64. The van der Waals surface area contributed by atoms with Gasteiger partial charge in [0.2, 0.25) is 11.8 Å². The number of benzene rings is 2. The number of nitrogens with one attached hydrogen (secondary N) is 3. The van der Waals surface area contributed by atoms with Crippen molar-refractivity contribution in [2.75, 3.05) is 6.54 Å². The molecule has 2 heterocycles. The molecule has 0 aliphatic carbocycles. The SMILES string of the molecule is O=C(CCc1c(-c2ccccc2)[nH]c2cc(F)cc(F)c12)NC1CCNC1=O. The van der Waals surface area contributed by atoms with Crippen molar-refractivity contribution in [3.05, 3.63) is 59.7 Å². The van der Waals surface area contributed by atoms with E-state index in [-0.39, 0.29) is 30.0 Å². The second-order valence-electron chi connectivity index (χ2n) is 6.85. The van der Waals surface area contributed by atoms with Gasteiger partial charge in [0.15, 0.2) is 0 Å². The van der Waals surface area contributed by atoms with Crippen molar-refractivity contribution in [2.24, 2.45) is 0 Å². The van der Waals surface area contributed by atoms with Crippen LogP contribution in [0.3, 0.4) is 0 Å². The number of aromatic amines is 1. The fourth-order valence-electron chi connectivity index (χ4n) is 3.65. The third-order valence-corrected chi connectivity index (χ3v) is 4.97. The number of aromatic nitrogens is 1. The molecule has 2 aromatic carbocycles. The molecule has 2 amide bonds. The van der Waals surface area contributed by atoms with Gasteiger partial charge in [0, 0.05) is 30.1 Å². The Kier molecular flexibility index (Phi) is 4.81. The predicted molar refractivity (Wildman–Crippen MR) is 102 cm³/mol. The molecular weight excluding hydrogens is 364 g/mol. The highest BCUT2D eigenvalue weighted by atomic mass is 19.1. The van der Waals surface area contributed by atoms with E-state index in [9.17, 15) is 18.4 Å². The summed E-state index contributed by atoms with van der Waals surface area (Å²) in [5.74, 6) is -1.80. The van der Waals surface area contributed by atoms with Crippen LogP contribution in [-0.4, -0.2) is 29.4 Å². The number of amides is 2. The van der Waals surface area contributed by atoms with Gasteiger partial charge in [-0.3, -0.25) is 9.59 Å². The highest BCUT2D eigenvalue weighted by Gasteiger charge is 2.26. The van der Waals surface area contributed by atoms with Crippen molar-refractivity contribution >= 4 is 22.7 Å². The molecule has 3 aromatic rings. The largest absolute Gasteiger partial charge is 0.354 e. The standard InChI is InChI=1S/C21H19F2N3O2/c22-13-10-15(23)19-14(6-7-18(27)25-16-8-9-24-21(16)28)20(26-17(19)11-13)12-4-2-1-3-5-12/h1-5,10-11,16,26H,6-9H2,(H,24,28)(H,25,27). The molecule has 4 rings (SSSR count). The Bertz CT molecular complexity index is 1050. The summed E-state index contributed by atoms with van der Waals surface area (Å²) in [6.45, 7) is 0.543. The molecule has 0 saturated carbocycles. The summed E-state index contributed by atoms with van der Waals surface area (Å²) >= 11 is 0. The highest BCUT2D eigenvalue weighted by molar-refractivity contribution is 5.93. The lowest BCUT2D eigenvalue weighted by atomic mass is 10.0. The predicted octanol–water partition coefficient (Wildman–Crippen LogP) is 3.05. The number of carbonyl (C=O) groups is 2. The third-order valence-electron chi connectivity index (χ3n) is 4.97. The molecule has 0 radical (unpaired) electrons. The van der Waals surface area contributed by atoms with Gasteiger partial charge in [-0.1, -0.05) is 30.3 Å². The van der Waals surface area contributed by atoms with Crippen LogP contribution in [0.2, 0.25) is 0 Å². The Hall–Kier alpha value is -3.22. The Morgan fingerprint density at radius 2 is 1.96 bits per heavy atom. The molecule has 3 N–H and O–H groups in total. The minimum absolute atomic E-state index is 0.0907. The van der Waals surface area contributed by atoms with E-state index in [0.29, 0.717) is 29.7 Å². The van der Waals surface area contributed by atoms with E-state index >= 15 is 0 Å². The normalized spacial score (nSPS) is 16.4. The monoisotopic (exact) mass is 383 g/mol. The maximum atomic E-state index is 14.5. The summed E-state index contributed by atoms with van der Waals surface area (Å²) in [7, 11) is 0. The van der Waals surface area contributed by atoms with Gasteiger partial charge in [0.05, 0.1) is 5.52 Å². The molecule has 5 nitrogen and oxygen atoms in total. The zero-order chi connectivity index (χ0) is 19.7. The number of hydrogen-bond donors (Lipinski definition) is 3. The van der Waals surface area contributed by atoms with Gasteiger partial charge in [0.1, 0.15) is 17.7 Å². The van der Waals surface area contributed by atoms with Crippen molar-refractivity contribution in [1.29, 1.82) is 0 Å². The summed E-state index contributed by atoms with van der Waals surface area (Å²) in [6.07, 6.45) is 0.904. The van der Waals surface area contributed by atoms with Crippen molar-refractivity contribution in [3.63, 3.8) is 0 Å². The highest BCUT2D eigenvalue weighted by Crippen LogP contribution is 2.33. The van der Waals surface area contributed by atoms with Crippen molar-refractivity contribution in [1.82, 2.24) is 15.6 Å². The van der Waals surface area contributed by atoms with Gasteiger partial charge in [0.25, 0.3) is 0 Å². The summed E-state index contributed by atoms with van der Waals surface area (Å²) in [4.78, 5) is 27.0. The van der Waals surface area contributed by atoms with Crippen LogP contribution >= 0.6 is 0 Å². The van der Waals surface area contributed by atoms with Gasteiger partial charge >= 0.3 is 0 Å². The minimum atomic E-state index is -0.668. The molecule has 0 bridgehead atoms. The molecule has 1 saturated heterocycles. The lowest BCUT2D eigenvalue weighted by Gasteiger charge is -2.10. The number of rotatable bonds is 5. The first kappa shape index (κ1) is 18.2. The fraction of sp³-hybridized carbons (Fsp3) is 0.238. The molecule has 144 valence electrons. The van der Waals surface area contributed by atoms with Crippen LogP contribution in [0.4, 0.5) is 8.78 Å². The minimum Gasteiger partial charge on any atom is -0.354 e. The van der Waals surface area contributed by atoms with Crippen LogP contribution in [0.1, 0.15) is 18.4 Å². The smallest absolute Gasteiger partial charge is 0.242 e. The van der Waals surface area contributed by atoms with E-state index in [2.05, 4.69) is 15.6 Å². The zero-order valence-corrected chi connectivity index (χ0v) is 15.0. The topological polar surface area (TPSA) is 74.0 Å². The molecule has 0 spiro atoms. The van der Waals surface area contributed by atoms with Crippen LogP contribution in [-0.2, 0) is 16.0 Å². The van der Waals surface area contributed by atoms with Crippen LogP contribution in [0.5, 0.6) is 0 Å². The first-order chi connectivity index (χ1) is 13.5. The van der Waals surface area contributed by atoms with Gasteiger partial charge in [-0.2, -0.15) is 0 Å². The number of halogens is 2. The van der Waals surface area contributed by atoms with Gasteiger partial charge in [-0.15, -0.1) is 0 Å². The van der Waals surface area contributed by atoms with Crippen LogP contribution in [0.25, 0.3) is 22.2 Å². The maximum Gasteiger partial charge on any atom is 0.242 e. The third kappa shape index (κ3) is 3.47. The Morgan fingerprint density at radius 1 is 1.18 bits per heavy atom. The van der Waals surface area contributed by atoms with Crippen molar-refractivity contribution in [2.45, 2.75) is 25.3 Å². The van der Waals surface area contributed by atoms with E-state index in [1.165, 1.54) is 6.07 Å². The maximum absolute atomic E-state index is 14.5. The fourth-order valence-corrected chi connectivity index (χ4v) is 3.65. The van der Waals surface area contributed by atoms with E-state index in [1.54, 1.807) is 0 Å². The number of aryl methyl sites for hydroxylation is 1. The molecule has 1 aliphatic rings. The molecule has 1 aliphatic heterocycles. The van der Waals surface area contributed by atoms with Gasteiger partial charge in [-0.25, -0.2) is 8.78 Å². The zero-order valence-electron chi connectivity index (χ0n) is 15.0. The van der Waals surface area contributed by atoms with Crippen LogP contribution in [0.15, 0.2) is 42.5 Å². The second-order valence-corrected chi connectivity index (χ2v) is 6.85. The van der Waals surface area contributed by atoms with Crippen molar-refractivity contribution < 1.29 is 18.4 Å². The lowest BCUT2D eigenvalue weighted by molar-refractivity contribution is -0.127. The molecule has 1 atom stereocenters. The number of carbonyl (C=O) groups excluding carboxylic acids is 2. The lowest BCUT2D eigenvalue weighted by Crippen LogP contribution is -2.40. The van der Waals surface area contributed by atoms with Gasteiger partial charge < -0.3 is 15.6 Å². The van der Waals surface area contributed by atoms with E-state index < -0.39 is 17.7 Å². The Morgan fingerprint density at radius 3 is 2.68 bits per heavy atom. The van der Waals surface area contributed by atoms with E-state index in [1.807, 2.05) is 30.3 Å². The summed E-state index contributed by atoms with van der Waals surface area (Å²) in [5.41, 5.74) is 2.45. The van der Waals surface area contributed by atoms with Crippen molar-refractivity contribution in [3.8, 4) is 11.3 Å². The molecule has 1 fully saturated rings. The average molecular weight is 383 g/mol. The number of hydrogen-bond acceptors (Lipinski definition) is 2. The first-order valence-corrected chi connectivity index (χ1v) is 9.15. The molecule has 1 unspecified atom stereocenters. The average Bonchev–Trinajstić information content (AvgIpc) is 3.24. The Labute approximate surface area is 160 Å². The van der Waals surface area contributed by atoms with Gasteiger partial charge in [-0.05, 0) is 30.0 Å². The summed E-state index contributed by atoms with van der Waals surface area (Å²) in [6, 6.07) is 10.9. The number of H-pyrrole nitrogens is 1. The second kappa shape index (κ2) is 7.42. The summed E-state index contributed by atoms with van der Waals surface area (Å²) in [5, 5.41) is 5.66. The van der Waals surface area contributed by atoms with Crippen LogP contribution in [0, 0.1) is 11.6 Å². The first-order valence-electron chi connectivity index (χ1n) is 9.15. The quantitative estimate of drug-likeness (QED) is 0.634. The van der Waals surface area contributed by atoms with Crippen LogP contribution < -0.4 is 10.6 Å². The molecular formula is C21H19F2N3O2.